The Morgan fingerprint density at radius 1 is 1.40 bits per heavy atom. The van der Waals surface area contributed by atoms with Crippen molar-refractivity contribution >= 4 is 6.09 Å². The highest BCUT2D eigenvalue weighted by molar-refractivity contribution is 5.68. The number of carbonyl (C=O) groups is 1. The minimum atomic E-state index is -0.411. The van der Waals surface area contributed by atoms with Gasteiger partial charge in [0.1, 0.15) is 5.60 Å². The van der Waals surface area contributed by atoms with Crippen LogP contribution in [0, 0.1) is 12.8 Å². The van der Waals surface area contributed by atoms with E-state index in [0.717, 1.165) is 25.9 Å². The van der Waals surface area contributed by atoms with Gasteiger partial charge in [0.2, 0.25) is 0 Å². The Morgan fingerprint density at radius 2 is 2.15 bits per heavy atom. The number of carbonyl (C=O) groups excluding carboxylic acids is 1. The van der Waals surface area contributed by atoms with Crippen molar-refractivity contribution in [3.63, 3.8) is 0 Å². The van der Waals surface area contributed by atoms with E-state index in [-0.39, 0.29) is 6.09 Å². The van der Waals surface area contributed by atoms with Gasteiger partial charge in [0, 0.05) is 13.1 Å². The van der Waals surface area contributed by atoms with Gasteiger partial charge in [-0.1, -0.05) is 29.8 Å². The molecule has 0 spiro atoms. The zero-order chi connectivity index (χ0) is 14.8. The Labute approximate surface area is 121 Å². The average molecular weight is 275 g/mol. The molecule has 110 valence electrons. The van der Waals surface area contributed by atoms with E-state index in [1.807, 2.05) is 25.7 Å². The molecule has 1 unspecified atom stereocenters. The van der Waals surface area contributed by atoms with Crippen LogP contribution in [0.15, 0.2) is 24.3 Å². The quantitative estimate of drug-likeness (QED) is 0.821. The minimum Gasteiger partial charge on any atom is -0.444 e. The molecule has 1 atom stereocenters. The fraction of sp³-hybridized carbons (Fsp3) is 0.588. The predicted molar refractivity (Wildman–Crippen MR) is 80.8 cm³/mol. The summed E-state index contributed by atoms with van der Waals surface area (Å²) in [5.74, 6) is 0.546. The molecule has 0 aromatic heterocycles. The lowest BCUT2D eigenvalue weighted by atomic mass is 9.98. The first-order chi connectivity index (χ1) is 9.33. The topological polar surface area (TPSA) is 29.5 Å². The monoisotopic (exact) mass is 275 g/mol. The first-order valence-corrected chi connectivity index (χ1v) is 7.37. The smallest absolute Gasteiger partial charge is 0.410 e. The Hall–Kier alpha value is -1.51. The van der Waals surface area contributed by atoms with Crippen molar-refractivity contribution in [3.05, 3.63) is 35.4 Å². The summed E-state index contributed by atoms with van der Waals surface area (Å²) in [4.78, 5) is 13.9. The number of nitrogens with zero attached hydrogens (tertiary/aromatic N) is 1. The maximum atomic E-state index is 12.0. The Kier molecular flexibility index (Phi) is 4.36. The van der Waals surface area contributed by atoms with Gasteiger partial charge in [-0.3, -0.25) is 0 Å². The Bertz CT molecular complexity index is 476. The summed E-state index contributed by atoms with van der Waals surface area (Å²) in [6.07, 6.45) is 1.93. The largest absolute Gasteiger partial charge is 0.444 e. The minimum absolute atomic E-state index is 0.177. The van der Waals surface area contributed by atoms with Crippen molar-refractivity contribution in [2.24, 2.45) is 5.92 Å². The molecule has 0 N–H and O–H groups in total. The highest BCUT2D eigenvalue weighted by Gasteiger charge is 2.29. The van der Waals surface area contributed by atoms with Gasteiger partial charge in [0.15, 0.2) is 0 Å². The summed E-state index contributed by atoms with van der Waals surface area (Å²) >= 11 is 0. The number of ether oxygens (including phenoxy) is 1. The van der Waals surface area contributed by atoms with Crippen LogP contribution < -0.4 is 0 Å². The van der Waals surface area contributed by atoms with Gasteiger partial charge in [-0.15, -0.1) is 0 Å². The molecule has 1 aromatic rings. The standard InChI is InChI=1S/C17H25NO2/c1-13-6-5-7-14(10-13)11-15-8-9-18(12-15)16(19)20-17(2,3)4/h5-7,10,15H,8-9,11-12H2,1-4H3. The normalized spacial score (nSPS) is 19.2. The third-order valence-corrected chi connectivity index (χ3v) is 3.54. The van der Waals surface area contributed by atoms with Crippen molar-refractivity contribution in [1.29, 1.82) is 0 Å². The lowest BCUT2D eigenvalue weighted by Crippen LogP contribution is -2.35. The highest BCUT2D eigenvalue weighted by Crippen LogP contribution is 2.23. The maximum Gasteiger partial charge on any atom is 0.410 e. The van der Waals surface area contributed by atoms with E-state index in [9.17, 15) is 4.79 Å². The molecule has 1 aliphatic heterocycles. The predicted octanol–water partition coefficient (Wildman–Crippen LogP) is 3.79. The molecular weight excluding hydrogens is 250 g/mol. The second-order valence-electron chi connectivity index (χ2n) is 6.77. The SMILES string of the molecule is Cc1cccc(CC2CCN(C(=O)OC(C)(C)C)C2)c1. The van der Waals surface area contributed by atoms with Gasteiger partial charge in [0.25, 0.3) is 0 Å². The van der Waals surface area contributed by atoms with E-state index in [2.05, 4.69) is 31.2 Å². The number of aryl methyl sites for hydroxylation is 1. The highest BCUT2D eigenvalue weighted by atomic mass is 16.6. The van der Waals surface area contributed by atoms with Gasteiger partial charge in [0.05, 0.1) is 0 Å². The molecule has 1 aliphatic rings. The van der Waals surface area contributed by atoms with Crippen LogP contribution in [0.2, 0.25) is 0 Å². The Balaban J connectivity index is 1.88. The van der Waals surface area contributed by atoms with E-state index in [0.29, 0.717) is 5.92 Å². The number of hydrogen-bond donors (Lipinski definition) is 0. The second kappa shape index (κ2) is 5.86. The third-order valence-electron chi connectivity index (χ3n) is 3.54. The number of benzene rings is 1. The summed E-state index contributed by atoms with van der Waals surface area (Å²) in [5, 5.41) is 0. The zero-order valence-electron chi connectivity index (χ0n) is 13.0. The van der Waals surface area contributed by atoms with Crippen molar-refractivity contribution in [2.75, 3.05) is 13.1 Å². The fourth-order valence-electron chi connectivity index (χ4n) is 2.66. The first-order valence-electron chi connectivity index (χ1n) is 7.37. The summed E-state index contributed by atoms with van der Waals surface area (Å²) in [6, 6.07) is 8.62. The van der Waals surface area contributed by atoms with Gasteiger partial charge >= 0.3 is 6.09 Å². The number of hydrogen-bond acceptors (Lipinski definition) is 2. The van der Waals surface area contributed by atoms with Crippen molar-refractivity contribution in [2.45, 2.75) is 46.1 Å². The molecule has 20 heavy (non-hydrogen) atoms. The van der Waals surface area contributed by atoms with Crippen LogP contribution in [0.4, 0.5) is 4.79 Å². The molecular formula is C17H25NO2. The molecule has 3 nitrogen and oxygen atoms in total. The van der Waals surface area contributed by atoms with Crippen LogP contribution in [-0.2, 0) is 11.2 Å². The van der Waals surface area contributed by atoms with Crippen LogP contribution in [0.1, 0.15) is 38.3 Å². The second-order valence-corrected chi connectivity index (χ2v) is 6.77. The van der Waals surface area contributed by atoms with Crippen molar-refractivity contribution < 1.29 is 9.53 Å². The van der Waals surface area contributed by atoms with Gasteiger partial charge < -0.3 is 9.64 Å². The molecule has 1 fully saturated rings. The molecule has 1 heterocycles. The average Bonchev–Trinajstić information content (AvgIpc) is 2.75. The molecule has 1 saturated heterocycles. The molecule has 3 heteroatoms. The maximum absolute atomic E-state index is 12.0. The molecule has 0 bridgehead atoms. The lowest BCUT2D eigenvalue weighted by molar-refractivity contribution is 0.0288. The molecule has 0 radical (unpaired) electrons. The molecule has 0 saturated carbocycles. The number of likely N-dealkylation sites (tertiary alicyclic amines) is 1. The number of amides is 1. The van der Waals surface area contributed by atoms with Crippen LogP contribution in [0.3, 0.4) is 0 Å². The summed E-state index contributed by atoms with van der Waals surface area (Å²) < 4.78 is 5.43. The lowest BCUT2D eigenvalue weighted by Gasteiger charge is -2.24. The van der Waals surface area contributed by atoms with Crippen molar-refractivity contribution in [1.82, 2.24) is 4.90 Å². The van der Waals surface area contributed by atoms with Gasteiger partial charge in [-0.2, -0.15) is 0 Å². The molecule has 1 amide bonds. The van der Waals surface area contributed by atoms with Crippen LogP contribution in [-0.4, -0.2) is 29.7 Å². The van der Waals surface area contributed by atoms with Crippen LogP contribution in [0.5, 0.6) is 0 Å². The van der Waals surface area contributed by atoms with E-state index in [1.165, 1.54) is 11.1 Å². The van der Waals surface area contributed by atoms with Crippen LogP contribution in [0.25, 0.3) is 0 Å². The first kappa shape index (κ1) is 14.9. The van der Waals surface area contributed by atoms with E-state index in [4.69, 9.17) is 4.74 Å². The van der Waals surface area contributed by atoms with Gasteiger partial charge in [-0.25, -0.2) is 4.79 Å². The summed E-state index contributed by atoms with van der Waals surface area (Å²) in [6.45, 7) is 9.46. The summed E-state index contributed by atoms with van der Waals surface area (Å²) in [7, 11) is 0. The Morgan fingerprint density at radius 3 is 2.80 bits per heavy atom. The van der Waals surface area contributed by atoms with E-state index < -0.39 is 5.60 Å². The van der Waals surface area contributed by atoms with Crippen molar-refractivity contribution in [3.8, 4) is 0 Å². The molecule has 1 aromatic carbocycles. The molecule has 0 aliphatic carbocycles. The van der Waals surface area contributed by atoms with Gasteiger partial charge in [-0.05, 0) is 52.0 Å². The summed E-state index contributed by atoms with van der Waals surface area (Å²) in [5.41, 5.74) is 2.25. The molecule has 2 rings (SSSR count). The fourth-order valence-corrected chi connectivity index (χ4v) is 2.66. The van der Waals surface area contributed by atoms with E-state index in [1.54, 1.807) is 0 Å². The number of rotatable bonds is 2. The zero-order valence-corrected chi connectivity index (χ0v) is 13.0. The van der Waals surface area contributed by atoms with E-state index >= 15 is 0 Å². The van der Waals surface area contributed by atoms with Crippen LogP contribution >= 0.6 is 0 Å². The third kappa shape index (κ3) is 4.26.